The molecular formula is C15H25N3O2. The summed E-state index contributed by atoms with van der Waals surface area (Å²) in [5.74, 6) is 0.226. The number of carbonyl (C=O) groups is 2. The Hall–Kier alpha value is -1.36. The Balaban J connectivity index is 2.13. The van der Waals surface area contributed by atoms with Crippen molar-refractivity contribution >= 4 is 11.8 Å². The summed E-state index contributed by atoms with van der Waals surface area (Å²) < 4.78 is 0. The van der Waals surface area contributed by atoms with Crippen molar-refractivity contribution in [2.45, 2.75) is 38.6 Å². The summed E-state index contributed by atoms with van der Waals surface area (Å²) in [6.07, 6.45) is 4.00. The minimum absolute atomic E-state index is 0.0530. The molecule has 0 aromatic rings. The highest BCUT2D eigenvalue weighted by atomic mass is 16.2. The van der Waals surface area contributed by atoms with Gasteiger partial charge >= 0.3 is 0 Å². The first kappa shape index (κ1) is 15.0. The Morgan fingerprint density at radius 2 is 2.05 bits per heavy atom. The SMILES string of the molecule is CC(C)=CC(=O)N1CCN(C)[C@]2(CCNC(=O)CC2)C1. The molecular weight excluding hydrogens is 254 g/mol. The fraction of sp³-hybridized carbons (Fsp3) is 0.733. The van der Waals surface area contributed by atoms with Gasteiger partial charge in [-0.15, -0.1) is 0 Å². The Morgan fingerprint density at radius 3 is 2.75 bits per heavy atom. The van der Waals surface area contributed by atoms with Gasteiger partial charge in [-0.1, -0.05) is 5.57 Å². The molecule has 0 saturated carbocycles. The second-order valence-corrected chi connectivity index (χ2v) is 6.23. The standard InChI is InChI=1S/C15H25N3O2/c1-12(2)10-14(20)18-9-8-17(3)15(11-18)5-4-13(19)16-7-6-15/h10H,4-9,11H2,1-3H3,(H,16,19)/t15-/m1/s1. The largest absolute Gasteiger partial charge is 0.356 e. The summed E-state index contributed by atoms with van der Waals surface area (Å²) in [6.45, 7) is 6.95. The van der Waals surface area contributed by atoms with E-state index in [2.05, 4.69) is 17.3 Å². The monoisotopic (exact) mass is 279 g/mol. The van der Waals surface area contributed by atoms with Crippen LogP contribution in [0.1, 0.15) is 33.1 Å². The number of hydrogen-bond donors (Lipinski definition) is 1. The molecule has 2 amide bonds. The van der Waals surface area contributed by atoms with Gasteiger partial charge in [0.15, 0.2) is 0 Å². The average Bonchev–Trinajstić information content (AvgIpc) is 2.55. The predicted octanol–water partition coefficient (Wildman–Crippen LogP) is 0.766. The molecule has 2 fully saturated rings. The molecule has 2 rings (SSSR count). The Bertz CT molecular complexity index is 429. The molecule has 5 nitrogen and oxygen atoms in total. The number of piperazine rings is 1. The maximum atomic E-state index is 12.2. The molecule has 20 heavy (non-hydrogen) atoms. The molecule has 2 heterocycles. The second-order valence-electron chi connectivity index (χ2n) is 6.23. The summed E-state index contributed by atoms with van der Waals surface area (Å²) in [4.78, 5) is 28.1. The van der Waals surface area contributed by atoms with Crippen LogP contribution in [0.5, 0.6) is 0 Å². The van der Waals surface area contributed by atoms with E-state index in [1.165, 1.54) is 0 Å². The highest BCUT2D eigenvalue weighted by Crippen LogP contribution is 2.30. The molecule has 2 aliphatic heterocycles. The van der Waals surface area contributed by atoms with Crippen molar-refractivity contribution < 1.29 is 9.59 Å². The zero-order valence-electron chi connectivity index (χ0n) is 12.7. The second kappa shape index (κ2) is 5.95. The molecule has 0 aromatic carbocycles. The lowest BCUT2D eigenvalue weighted by Crippen LogP contribution is -2.62. The van der Waals surface area contributed by atoms with Gasteiger partial charge in [-0.05, 0) is 33.7 Å². The molecule has 0 bridgehead atoms. The molecule has 5 heteroatoms. The molecule has 1 N–H and O–H groups in total. The molecule has 0 unspecified atom stereocenters. The van der Waals surface area contributed by atoms with Crippen molar-refractivity contribution in [2.24, 2.45) is 0 Å². The van der Waals surface area contributed by atoms with E-state index >= 15 is 0 Å². The Kier molecular flexibility index (Phi) is 4.48. The van der Waals surface area contributed by atoms with Crippen LogP contribution < -0.4 is 5.32 Å². The number of amides is 2. The van der Waals surface area contributed by atoms with Crippen LogP contribution in [0.25, 0.3) is 0 Å². The zero-order valence-corrected chi connectivity index (χ0v) is 12.7. The molecule has 0 aliphatic carbocycles. The Morgan fingerprint density at radius 1 is 1.30 bits per heavy atom. The van der Waals surface area contributed by atoms with E-state index in [1.54, 1.807) is 6.08 Å². The first-order valence-electron chi connectivity index (χ1n) is 7.35. The van der Waals surface area contributed by atoms with Crippen LogP contribution >= 0.6 is 0 Å². The van der Waals surface area contributed by atoms with Crippen LogP contribution in [0.15, 0.2) is 11.6 Å². The summed E-state index contributed by atoms with van der Waals surface area (Å²) in [5, 5.41) is 2.93. The van der Waals surface area contributed by atoms with Gasteiger partial charge in [0.2, 0.25) is 11.8 Å². The van der Waals surface area contributed by atoms with E-state index in [-0.39, 0.29) is 17.4 Å². The number of hydrogen-bond acceptors (Lipinski definition) is 3. The summed E-state index contributed by atoms with van der Waals surface area (Å²) in [6, 6.07) is 0. The third kappa shape index (κ3) is 3.20. The molecule has 1 atom stereocenters. The first-order chi connectivity index (χ1) is 9.43. The number of carbonyl (C=O) groups excluding carboxylic acids is 2. The number of nitrogens with zero attached hydrogens (tertiary/aromatic N) is 2. The predicted molar refractivity (Wildman–Crippen MR) is 78.2 cm³/mol. The normalized spacial score (nSPS) is 27.9. The highest BCUT2D eigenvalue weighted by Gasteiger charge is 2.41. The Labute approximate surface area is 121 Å². The van der Waals surface area contributed by atoms with Gasteiger partial charge in [0, 0.05) is 44.2 Å². The highest BCUT2D eigenvalue weighted by molar-refractivity contribution is 5.88. The third-order valence-corrected chi connectivity index (χ3v) is 4.45. The third-order valence-electron chi connectivity index (χ3n) is 4.45. The van der Waals surface area contributed by atoms with E-state index in [4.69, 9.17) is 0 Å². The minimum atomic E-state index is -0.0530. The lowest BCUT2D eigenvalue weighted by Gasteiger charge is -2.49. The number of rotatable bonds is 1. The van der Waals surface area contributed by atoms with Gasteiger partial charge in [-0.25, -0.2) is 0 Å². The topological polar surface area (TPSA) is 52.7 Å². The maximum Gasteiger partial charge on any atom is 0.246 e. The average molecular weight is 279 g/mol. The molecule has 1 spiro atoms. The van der Waals surface area contributed by atoms with Gasteiger partial charge in [0.1, 0.15) is 0 Å². The van der Waals surface area contributed by atoms with E-state index < -0.39 is 0 Å². The molecule has 0 aromatic heterocycles. The summed E-state index contributed by atoms with van der Waals surface area (Å²) in [7, 11) is 2.11. The lowest BCUT2D eigenvalue weighted by molar-refractivity contribution is -0.131. The molecule has 112 valence electrons. The number of nitrogens with one attached hydrogen (secondary N) is 1. The van der Waals surface area contributed by atoms with Crippen molar-refractivity contribution in [3.8, 4) is 0 Å². The minimum Gasteiger partial charge on any atom is -0.356 e. The smallest absolute Gasteiger partial charge is 0.246 e. The van der Waals surface area contributed by atoms with Crippen LogP contribution in [0.3, 0.4) is 0 Å². The van der Waals surface area contributed by atoms with Crippen LogP contribution in [-0.2, 0) is 9.59 Å². The molecule has 0 radical (unpaired) electrons. The molecule has 2 aliphatic rings. The van der Waals surface area contributed by atoms with Crippen molar-refractivity contribution in [1.29, 1.82) is 0 Å². The lowest BCUT2D eigenvalue weighted by atomic mass is 9.86. The summed E-state index contributed by atoms with van der Waals surface area (Å²) >= 11 is 0. The van der Waals surface area contributed by atoms with E-state index in [9.17, 15) is 9.59 Å². The quantitative estimate of drug-likeness (QED) is 0.721. The van der Waals surface area contributed by atoms with Crippen molar-refractivity contribution in [3.05, 3.63) is 11.6 Å². The number of allylic oxidation sites excluding steroid dienone is 1. The van der Waals surface area contributed by atoms with Crippen LogP contribution in [0.4, 0.5) is 0 Å². The fourth-order valence-electron chi connectivity index (χ4n) is 3.12. The van der Waals surface area contributed by atoms with Gasteiger partial charge in [-0.3, -0.25) is 14.5 Å². The van der Waals surface area contributed by atoms with Crippen LogP contribution in [-0.4, -0.2) is 60.4 Å². The van der Waals surface area contributed by atoms with Crippen LogP contribution in [0, 0.1) is 0 Å². The molecule has 2 saturated heterocycles. The van der Waals surface area contributed by atoms with E-state index in [0.717, 1.165) is 38.0 Å². The van der Waals surface area contributed by atoms with Gasteiger partial charge in [-0.2, -0.15) is 0 Å². The fourth-order valence-corrected chi connectivity index (χ4v) is 3.12. The van der Waals surface area contributed by atoms with Crippen molar-refractivity contribution in [3.63, 3.8) is 0 Å². The maximum absolute atomic E-state index is 12.2. The van der Waals surface area contributed by atoms with Gasteiger partial charge in [0.25, 0.3) is 0 Å². The van der Waals surface area contributed by atoms with Crippen molar-refractivity contribution in [2.75, 3.05) is 33.2 Å². The summed E-state index contributed by atoms with van der Waals surface area (Å²) in [5.41, 5.74) is 0.975. The van der Waals surface area contributed by atoms with E-state index in [1.807, 2.05) is 18.7 Å². The van der Waals surface area contributed by atoms with Gasteiger partial charge in [0.05, 0.1) is 0 Å². The van der Waals surface area contributed by atoms with E-state index in [0.29, 0.717) is 13.0 Å². The first-order valence-corrected chi connectivity index (χ1v) is 7.35. The number of likely N-dealkylation sites (N-methyl/N-ethyl adjacent to an activating group) is 1. The van der Waals surface area contributed by atoms with Crippen LogP contribution in [0.2, 0.25) is 0 Å². The zero-order chi connectivity index (χ0) is 14.8. The van der Waals surface area contributed by atoms with Crippen molar-refractivity contribution in [1.82, 2.24) is 15.1 Å². The van der Waals surface area contributed by atoms with Gasteiger partial charge < -0.3 is 10.2 Å².